The van der Waals surface area contributed by atoms with Crippen LogP contribution in [0.3, 0.4) is 0 Å². The van der Waals surface area contributed by atoms with Gasteiger partial charge in [-0.05, 0) is 62.6 Å². The summed E-state index contributed by atoms with van der Waals surface area (Å²) < 4.78 is 5.40. The van der Waals surface area contributed by atoms with Crippen molar-refractivity contribution >= 4 is 59.1 Å². The van der Waals surface area contributed by atoms with E-state index >= 15 is 0 Å². The number of rotatable bonds is 12. The van der Waals surface area contributed by atoms with E-state index in [1.54, 1.807) is 6.92 Å². The van der Waals surface area contributed by atoms with E-state index < -0.39 is 132 Å². The van der Waals surface area contributed by atoms with Crippen LogP contribution in [0.15, 0.2) is 36.0 Å². The van der Waals surface area contributed by atoms with Crippen LogP contribution in [-0.4, -0.2) is 166 Å². The van der Waals surface area contributed by atoms with Crippen molar-refractivity contribution in [3.63, 3.8) is 0 Å². The Balaban J connectivity index is 2.21. The van der Waals surface area contributed by atoms with Crippen molar-refractivity contribution in [3.05, 3.63) is 41.6 Å². The normalized spacial score (nSPS) is 27.5. The van der Waals surface area contributed by atoms with Crippen LogP contribution in [0, 0.1) is 11.8 Å². The fourth-order valence-electron chi connectivity index (χ4n) is 7.57. The molecule has 24 nitrogen and oxygen atoms in total. The van der Waals surface area contributed by atoms with E-state index in [1.165, 1.54) is 45.2 Å². The van der Waals surface area contributed by atoms with Gasteiger partial charge in [0.15, 0.2) is 12.2 Å². The van der Waals surface area contributed by atoms with Gasteiger partial charge in [0.25, 0.3) is 11.8 Å². The van der Waals surface area contributed by atoms with Crippen LogP contribution < -0.4 is 43.4 Å². The molecule has 11 atom stereocenters. The molecule has 24 heteroatoms. The van der Waals surface area contributed by atoms with Crippen molar-refractivity contribution in [2.24, 2.45) is 23.3 Å². The van der Waals surface area contributed by atoms with Gasteiger partial charge in [-0.25, -0.2) is 0 Å². The lowest BCUT2D eigenvalue weighted by Gasteiger charge is -2.33. The van der Waals surface area contributed by atoms with E-state index in [9.17, 15) is 63.3 Å². The Morgan fingerprint density at radius 3 is 2.07 bits per heavy atom. The molecule has 0 saturated carbocycles. The number of carbonyl (C=O) groups is 10. The number of phenolic OH excluding ortho intramolecular Hbond substituents is 1. The highest BCUT2D eigenvalue weighted by Gasteiger charge is 2.45. The summed E-state index contributed by atoms with van der Waals surface area (Å²) in [5, 5.41) is 46.5. The molecule has 2 unspecified atom stereocenters. The van der Waals surface area contributed by atoms with Gasteiger partial charge in [-0.1, -0.05) is 45.4 Å². The Hall–Kier alpha value is -6.66. The second-order valence-electron chi connectivity index (χ2n) is 17.3. The van der Waals surface area contributed by atoms with Crippen molar-refractivity contribution in [3.8, 4) is 5.75 Å². The van der Waals surface area contributed by atoms with E-state index in [4.69, 9.17) is 16.2 Å². The molecule has 0 bridgehead atoms. The van der Waals surface area contributed by atoms with Gasteiger partial charge in [0.05, 0.1) is 25.1 Å². The zero-order valence-electron chi connectivity index (χ0n) is 39.3. The second-order valence-corrected chi connectivity index (χ2v) is 17.3. The molecule has 2 saturated heterocycles. The van der Waals surface area contributed by atoms with Gasteiger partial charge in [-0.15, -0.1) is 0 Å². The molecule has 0 radical (unpaired) electrons. The van der Waals surface area contributed by atoms with Crippen molar-refractivity contribution < 1.29 is 68.0 Å². The van der Waals surface area contributed by atoms with Crippen LogP contribution in [0.2, 0.25) is 0 Å². The smallest absolute Gasteiger partial charge is 0.270 e. The molecule has 0 aromatic heterocycles. The molecule has 2 aliphatic rings. The predicted octanol–water partition coefficient (Wildman–Crippen LogP) is -3.97. The number of hydrogen-bond donors (Lipinski definition) is 11. The number of nitrogens with two attached hydrogens (primary N) is 2. The van der Waals surface area contributed by atoms with Gasteiger partial charge < -0.3 is 73.2 Å². The Morgan fingerprint density at radius 1 is 0.882 bits per heavy atom. The van der Waals surface area contributed by atoms with E-state index in [0.717, 1.165) is 22.9 Å². The lowest BCUT2D eigenvalue weighted by molar-refractivity contribution is -0.146. The number of benzene rings is 1. The number of carbonyl (C=O) groups excluding carboxylic acids is 10. The highest BCUT2D eigenvalue weighted by Crippen LogP contribution is 2.25. The summed E-state index contributed by atoms with van der Waals surface area (Å²) >= 11 is 0. The minimum Gasteiger partial charge on any atom is -0.508 e. The monoisotopic (exact) mass is 958 g/mol. The maximum absolute atomic E-state index is 14.5. The highest BCUT2D eigenvalue weighted by atomic mass is 16.5. The summed E-state index contributed by atoms with van der Waals surface area (Å²) in [6.07, 6.45) is -4.39. The number of aliphatic hydroxyl groups is 2. The SMILES string of the molecule is C/C=C1/NC(=O)[C@H](O)[C@H](CC[C@@H](C)CC)NC(=O)C(CC(N)=O)NC(=O)[C@H](Cc2ccc(O)cc2)NC(=O)[C@@H]2C[C@H](C)CN2C(=O)[C@H]([C@@H](C)OC)NC(=O)C([C@H](O)C(N)=O)NC(=O)CN(C)C1=O. The van der Waals surface area contributed by atoms with Gasteiger partial charge in [-0.3, -0.25) is 47.9 Å². The third-order valence-electron chi connectivity index (χ3n) is 11.9. The molecule has 3 rings (SSSR count). The molecule has 2 aliphatic heterocycles. The molecule has 1 aromatic rings. The number of methoxy groups -OCH3 is 1. The molecule has 0 spiro atoms. The van der Waals surface area contributed by atoms with Gasteiger partial charge in [0.1, 0.15) is 41.7 Å². The van der Waals surface area contributed by atoms with Crippen LogP contribution in [0.25, 0.3) is 0 Å². The van der Waals surface area contributed by atoms with Crippen LogP contribution in [0.5, 0.6) is 5.75 Å². The first-order valence-electron chi connectivity index (χ1n) is 22.2. The number of aromatic hydroxyl groups is 1. The number of amides is 10. The van der Waals surface area contributed by atoms with E-state index in [0.29, 0.717) is 18.4 Å². The Kier molecular flexibility index (Phi) is 20.8. The molecule has 1 aromatic carbocycles. The molecule has 68 heavy (non-hydrogen) atoms. The number of allylic oxidation sites excluding steroid dienone is 1. The van der Waals surface area contributed by atoms with Crippen LogP contribution in [-0.2, 0) is 59.1 Å². The maximum Gasteiger partial charge on any atom is 0.270 e. The number of likely N-dealkylation sites (N-methyl/N-ethyl adjacent to an activating group) is 1. The van der Waals surface area contributed by atoms with Gasteiger partial charge in [0.2, 0.25) is 47.3 Å². The fourth-order valence-corrected chi connectivity index (χ4v) is 7.57. The van der Waals surface area contributed by atoms with Crippen molar-refractivity contribution in [2.75, 3.05) is 27.2 Å². The number of fused-ring (bicyclic) bond motifs is 1. The van der Waals surface area contributed by atoms with Crippen LogP contribution in [0.4, 0.5) is 0 Å². The number of ether oxygens (including phenoxy) is 1. The van der Waals surface area contributed by atoms with Crippen molar-refractivity contribution in [2.45, 2.75) is 128 Å². The molecular formula is C44H66N10O14. The minimum atomic E-state index is -2.37. The van der Waals surface area contributed by atoms with E-state index in [2.05, 4.69) is 31.9 Å². The second kappa shape index (κ2) is 25.5. The Labute approximate surface area is 393 Å². The number of phenols is 1. The molecule has 13 N–H and O–H groups in total. The lowest BCUT2D eigenvalue weighted by atomic mass is 9.95. The number of nitrogens with zero attached hydrogens (tertiary/aromatic N) is 2. The number of hydrogen-bond acceptors (Lipinski definition) is 14. The summed E-state index contributed by atoms with van der Waals surface area (Å²) in [4.78, 5) is 138. The summed E-state index contributed by atoms with van der Waals surface area (Å²) in [5.41, 5.74) is 10.8. The summed E-state index contributed by atoms with van der Waals surface area (Å²) in [6, 6.07) is -4.14. The quantitative estimate of drug-likeness (QED) is 0.0891. The summed E-state index contributed by atoms with van der Waals surface area (Å²) in [7, 11) is 2.35. The Morgan fingerprint density at radius 2 is 1.50 bits per heavy atom. The zero-order valence-corrected chi connectivity index (χ0v) is 39.3. The average molecular weight is 959 g/mol. The van der Waals surface area contributed by atoms with Crippen LogP contribution in [0.1, 0.15) is 72.3 Å². The van der Waals surface area contributed by atoms with Crippen molar-refractivity contribution in [1.82, 2.24) is 41.7 Å². The standard InChI is InChI=1S/C44H66N10O14/c1-8-21(3)10-15-27-35(58)42(65)47-26(9-2)43(66)53(6)20-32(57)51-34(36(59)37(46)60)41(64)52-33(23(5)68-7)44(67)54-19-22(4)16-30(54)40(63)50-28(17-24-11-13-25(55)14-12-24)38(61)49-29(18-31(45)56)39(62)48-27/h9,11-14,21-23,27-30,33-36,55,58-59H,8,10,15-20H2,1-7H3,(H2,45,56)(H2,46,60)(H,47,65)(H,48,62)(H,49,61)(H,50,63)(H,51,57)(H,52,64)/b26-9+/t21-,22-,23+,27-,28-,29?,30-,33-,34?,35+,36-/m0/s1. The summed E-state index contributed by atoms with van der Waals surface area (Å²) in [5.74, 6) is -11.3. The first-order valence-corrected chi connectivity index (χ1v) is 22.2. The lowest BCUT2D eigenvalue weighted by Crippen LogP contribution is -2.64. The number of primary amides is 2. The predicted molar refractivity (Wildman–Crippen MR) is 240 cm³/mol. The first kappa shape index (κ1) is 55.7. The molecule has 0 aliphatic carbocycles. The van der Waals surface area contributed by atoms with Gasteiger partial charge in [0, 0.05) is 27.1 Å². The molecule has 376 valence electrons. The first-order chi connectivity index (χ1) is 31.9. The largest absolute Gasteiger partial charge is 0.508 e. The van der Waals surface area contributed by atoms with Gasteiger partial charge in [-0.2, -0.15) is 0 Å². The van der Waals surface area contributed by atoms with E-state index in [-0.39, 0.29) is 43.4 Å². The average Bonchev–Trinajstić information content (AvgIpc) is 3.69. The molecule has 2 heterocycles. The molecule has 10 amide bonds. The number of aliphatic hydroxyl groups excluding tert-OH is 2. The van der Waals surface area contributed by atoms with Gasteiger partial charge >= 0.3 is 0 Å². The Bertz CT molecular complexity index is 2070. The number of nitrogens with one attached hydrogen (secondary N) is 6. The van der Waals surface area contributed by atoms with E-state index in [1.807, 2.05) is 13.8 Å². The fraction of sp³-hybridized carbons (Fsp3) is 0.591. The third kappa shape index (κ3) is 15.4. The minimum absolute atomic E-state index is 0.0176. The highest BCUT2D eigenvalue weighted by molar-refractivity contribution is 6.02. The zero-order chi connectivity index (χ0) is 51.2. The maximum atomic E-state index is 14.5. The molecular weight excluding hydrogens is 893 g/mol. The third-order valence-corrected chi connectivity index (χ3v) is 11.9. The molecule has 2 fully saturated rings. The topological polar surface area (TPSA) is 371 Å². The van der Waals surface area contributed by atoms with Crippen molar-refractivity contribution in [1.29, 1.82) is 0 Å². The van der Waals surface area contributed by atoms with Crippen LogP contribution >= 0.6 is 0 Å². The summed E-state index contributed by atoms with van der Waals surface area (Å²) in [6.45, 7) is 7.38.